The fourth-order valence-electron chi connectivity index (χ4n) is 10.2. The van der Waals surface area contributed by atoms with E-state index in [-0.39, 0.29) is 11.5 Å². The molecule has 0 spiro atoms. The van der Waals surface area contributed by atoms with E-state index in [1.807, 2.05) is 86.2 Å². The molecule has 4 aromatic carbocycles. The second-order valence-corrected chi connectivity index (χ2v) is 22.0. The first-order chi connectivity index (χ1) is 41.0. The number of aryl methyl sites for hydroxylation is 1. The normalized spacial score (nSPS) is 15.1. The number of anilines is 2. The van der Waals surface area contributed by atoms with E-state index >= 15 is 0 Å². The Kier molecular flexibility index (Phi) is 25.7. The molecule has 1 saturated carbocycles. The number of nitrogens with zero attached hydrogens (tertiary/aromatic N) is 2. The molecule has 8 rings (SSSR count). The number of fused-ring (bicyclic) bond motifs is 2. The topological polar surface area (TPSA) is 199 Å². The van der Waals surface area contributed by atoms with Crippen molar-refractivity contribution in [2.24, 2.45) is 5.92 Å². The Labute approximate surface area is 499 Å². The van der Waals surface area contributed by atoms with Crippen molar-refractivity contribution in [3.63, 3.8) is 0 Å². The lowest BCUT2D eigenvalue weighted by atomic mass is 9.90. The first-order valence-corrected chi connectivity index (χ1v) is 30.0. The zero-order chi connectivity index (χ0) is 58.9. The maximum Gasteiger partial charge on any atom is 0.336 e. The number of amides is 1. The maximum atomic E-state index is 12.8. The minimum absolute atomic E-state index is 0.0138. The number of hydrogen-bond donors (Lipinski definition) is 6. The molecular formula is C65H86N7O11S+. The van der Waals surface area contributed by atoms with Gasteiger partial charge in [-0.25, -0.2) is 9.37 Å². The fraction of sp³-hybridized carbons (Fsp3) is 0.477. The van der Waals surface area contributed by atoms with Crippen LogP contribution >= 0.6 is 12.2 Å². The number of aromatic carboxylic acids is 1. The van der Waals surface area contributed by atoms with Crippen molar-refractivity contribution < 1.29 is 52.3 Å². The number of carbonyl (C=O) groups excluding carboxylic acids is 1. The van der Waals surface area contributed by atoms with Gasteiger partial charge >= 0.3 is 5.97 Å². The molecule has 2 heterocycles. The second-order valence-electron chi connectivity index (χ2n) is 21.6. The SMILES string of the molecule is CN(C)c1ccc2c(-c3ccc(NC(=S)NCCOCCOCCOCCOCCOCCOCCOCCNC(=O)CCc4cccc(-c5ccc([C@@H]6C[C@H]6NCC6CCNCC6)cc5)c4)cc3C(=O)O)c3ccc(=[N+](C)C)cc-3oc2c1. The molecule has 0 unspecified atom stereocenters. The van der Waals surface area contributed by atoms with Crippen molar-refractivity contribution in [2.45, 2.75) is 44.1 Å². The van der Waals surface area contributed by atoms with Crippen LogP contribution in [-0.4, -0.2) is 182 Å². The van der Waals surface area contributed by atoms with Crippen molar-refractivity contribution in [3.05, 3.63) is 125 Å². The minimum atomic E-state index is -1.06. The highest BCUT2D eigenvalue weighted by Crippen LogP contribution is 2.43. The smallest absolute Gasteiger partial charge is 0.336 e. The van der Waals surface area contributed by atoms with Crippen molar-refractivity contribution in [3.8, 4) is 33.6 Å². The Morgan fingerprint density at radius 3 is 1.93 bits per heavy atom. The van der Waals surface area contributed by atoms with Crippen LogP contribution in [0.5, 0.6) is 0 Å². The minimum Gasteiger partial charge on any atom is -0.478 e. The third-order valence-electron chi connectivity index (χ3n) is 15.0. The van der Waals surface area contributed by atoms with Crippen LogP contribution in [-0.2, 0) is 44.4 Å². The third-order valence-corrected chi connectivity index (χ3v) is 15.2. The van der Waals surface area contributed by atoms with Gasteiger partial charge in [0.15, 0.2) is 5.11 Å². The summed E-state index contributed by atoms with van der Waals surface area (Å²) in [5.74, 6) is 1.03. The molecule has 18 nitrogen and oxygen atoms in total. The Morgan fingerprint density at radius 2 is 1.31 bits per heavy atom. The van der Waals surface area contributed by atoms with Gasteiger partial charge in [0.2, 0.25) is 11.3 Å². The molecule has 6 N–H and O–H groups in total. The van der Waals surface area contributed by atoms with Crippen LogP contribution in [0.4, 0.5) is 11.4 Å². The molecule has 2 fully saturated rings. The summed E-state index contributed by atoms with van der Waals surface area (Å²) in [6.45, 7) is 10.5. The predicted molar refractivity (Wildman–Crippen MR) is 335 cm³/mol. The highest BCUT2D eigenvalue weighted by Gasteiger charge is 2.38. The predicted octanol–water partition coefficient (Wildman–Crippen LogP) is 7.26. The molecule has 0 radical (unpaired) electrons. The lowest BCUT2D eigenvalue weighted by Crippen LogP contribution is -2.34. The molecule has 0 bridgehead atoms. The van der Waals surface area contributed by atoms with Crippen LogP contribution in [0.3, 0.4) is 0 Å². The molecule has 4 aliphatic rings. The van der Waals surface area contributed by atoms with Gasteiger partial charge in [-0.3, -0.25) is 4.79 Å². The van der Waals surface area contributed by atoms with E-state index in [1.54, 1.807) is 6.07 Å². The second kappa shape index (κ2) is 34.0. The quantitative estimate of drug-likeness (QED) is 0.00994. The van der Waals surface area contributed by atoms with E-state index in [0.717, 1.165) is 58.7 Å². The van der Waals surface area contributed by atoms with Crippen LogP contribution in [0.2, 0.25) is 0 Å². The van der Waals surface area contributed by atoms with E-state index in [0.29, 0.717) is 158 Å². The van der Waals surface area contributed by atoms with E-state index in [9.17, 15) is 14.7 Å². The molecule has 2 atom stereocenters. The van der Waals surface area contributed by atoms with Gasteiger partial charge in [0.05, 0.1) is 104 Å². The number of benzene rings is 5. The van der Waals surface area contributed by atoms with Gasteiger partial charge in [-0.2, -0.15) is 0 Å². The van der Waals surface area contributed by atoms with Crippen molar-refractivity contribution >= 4 is 51.6 Å². The van der Waals surface area contributed by atoms with Crippen molar-refractivity contribution in [2.75, 3.05) is 164 Å². The van der Waals surface area contributed by atoms with Gasteiger partial charge in [0.1, 0.15) is 25.4 Å². The molecule has 4 aromatic rings. The van der Waals surface area contributed by atoms with Gasteiger partial charge in [-0.1, -0.05) is 54.6 Å². The first kappa shape index (κ1) is 63.7. The Morgan fingerprint density at radius 1 is 0.690 bits per heavy atom. The van der Waals surface area contributed by atoms with E-state index in [4.69, 9.17) is 49.8 Å². The van der Waals surface area contributed by atoms with Gasteiger partial charge in [0, 0.05) is 85.6 Å². The summed E-state index contributed by atoms with van der Waals surface area (Å²) >= 11 is 5.52. The van der Waals surface area contributed by atoms with Crippen LogP contribution < -0.4 is 41.4 Å². The molecule has 1 saturated heterocycles. The molecule has 19 heteroatoms. The van der Waals surface area contributed by atoms with Crippen LogP contribution in [0.1, 0.15) is 53.1 Å². The number of carboxylic acids is 1. The molecule has 1 amide bonds. The van der Waals surface area contributed by atoms with Gasteiger partial charge in [0.25, 0.3) is 0 Å². The summed E-state index contributed by atoms with van der Waals surface area (Å²) in [4.78, 5) is 27.3. The number of carboxylic acid groups (broad SMARTS) is 1. The summed E-state index contributed by atoms with van der Waals surface area (Å²) in [5.41, 5.74) is 9.38. The van der Waals surface area contributed by atoms with E-state index < -0.39 is 5.97 Å². The van der Waals surface area contributed by atoms with Crippen molar-refractivity contribution in [1.82, 2.24) is 25.8 Å². The van der Waals surface area contributed by atoms with E-state index in [2.05, 4.69) is 75.1 Å². The molecule has 0 aromatic heterocycles. The van der Waals surface area contributed by atoms with Crippen LogP contribution in [0, 0.1) is 5.92 Å². The van der Waals surface area contributed by atoms with Crippen molar-refractivity contribution in [1.29, 1.82) is 0 Å². The summed E-state index contributed by atoms with van der Waals surface area (Å²) < 4.78 is 47.7. The van der Waals surface area contributed by atoms with Gasteiger partial charge in [-0.15, -0.1) is 0 Å². The van der Waals surface area contributed by atoms with Crippen LogP contribution in [0.15, 0.2) is 108 Å². The zero-order valence-corrected chi connectivity index (χ0v) is 50.2. The number of carbonyl (C=O) groups is 2. The third kappa shape index (κ3) is 20.1. The number of piperidine rings is 1. The molecule has 2 aliphatic carbocycles. The fourth-order valence-corrected chi connectivity index (χ4v) is 10.4. The lowest BCUT2D eigenvalue weighted by molar-refractivity contribution is -0.121. The van der Waals surface area contributed by atoms with E-state index in [1.165, 1.54) is 36.0 Å². The van der Waals surface area contributed by atoms with Crippen LogP contribution in [0.25, 0.3) is 44.5 Å². The zero-order valence-electron chi connectivity index (χ0n) is 49.3. The highest BCUT2D eigenvalue weighted by molar-refractivity contribution is 7.80. The summed E-state index contributed by atoms with van der Waals surface area (Å²) in [5, 5.41) is 29.0. The summed E-state index contributed by atoms with van der Waals surface area (Å²) in [6.07, 6.45) is 4.89. The Balaban J connectivity index is 0.574. The average molecular weight is 1170 g/mol. The monoisotopic (exact) mass is 1170 g/mol. The first-order valence-electron chi connectivity index (χ1n) is 29.6. The number of rotatable bonds is 36. The molecule has 2 aliphatic heterocycles. The maximum absolute atomic E-state index is 12.8. The standard InChI is InChI=1S/C65H85N7O11S/c1-71(2)52-14-17-55-60(42-52)83-61-43-53(72(3)4)15-18-56(61)63(55)54-16-13-51(41-58(54)64(74)75)70-65(84)68-25-27-77-29-31-79-33-35-81-37-39-82-38-36-80-34-32-78-30-28-76-26-24-67-62(73)19-8-46-6-5-7-50(40-46)48-9-11-49(12-10-48)57-44-59(57)69-45-47-20-22-66-23-21-47/h5-7,9-18,40-43,47,57,59,66,69H,8,19-39,44-45H2,1-4H3,(H3,67,68,73,74,75,84)/p+1/t57-,59+/m0/s1. The highest BCUT2D eigenvalue weighted by atomic mass is 32.1. The lowest BCUT2D eigenvalue weighted by Gasteiger charge is -2.22. The molecule has 84 heavy (non-hydrogen) atoms. The number of hydrogen-bond acceptors (Lipinski definition) is 14. The Bertz CT molecular complexity index is 3070. The summed E-state index contributed by atoms with van der Waals surface area (Å²) in [6, 6.07) is 35.3. The molecule has 452 valence electrons. The van der Waals surface area contributed by atoms with Gasteiger partial charge < -0.3 is 74.2 Å². The average Bonchev–Trinajstić information content (AvgIpc) is 1.39. The van der Waals surface area contributed by atoms with Gasteiger partial charge in [-0.05, 0) is 122 Å². The largest absolute Gasteiger partial charge is 0.478 e. The Hall–Kier alpha value is -6.36. The summed E-state index contributed by atoms with van der Waals surface area (Å²) in [7, 11) is 7.86. The number of nitrogens with one attached hydrogen (secondary N) is 5. The number of thiocarbonyl (C=S) groups is 1. The molecular weight excluding hydrogens is 1090 g/mol. The number of ether oxygens (including phenoxy) is 7.